The molecule has 102 valence electrons. The standard InChI is InChI=1S/C13H22ClN3O/c1-4-5-8-18-9-6-7-15-13-12(14)16-10(2)11(3)17-13/h4-9H2,1-3H3,(H,15,17). The minimum atomic E-state index is 0.435. The average molecular weight is 272 g/mol. The van der Waals surface area contributed by atoms with Gasteiger partial charge >= 0.3 is 0 Å². The molecule has 1 rings (SSSR count). The molecular formula is C13H22ClN3O. The van der Waals surface area contributed by atoms with Gasteiger partial charge in [0.2, 0.25) is 0 Å². The number of hydrogen-bond acceptors (Lipinski definition) is 4. The summed E-state index contributed by atoms with van der Waals surface area (Å²) in [4.78, 5) is 8.59. The molecule has 0 atom stereocenters. The maximum absolute atomic E-state index is 6.02. The molecule has 0 saturated heterocycles. The third-order valence-corrected chi connectivity index (χ3v) is 2.93. The molecular weight excluding hydrogens is 250 g/mol. The second-order valence-electron chi connectivity index (χ2n) is 4.28. The van der Waals surface area contributed by atoms with Crippen molar-refractivity contribution in [3.05, 3.63) is 16.5 Å². The highest BCUT2D eigenvalue weighted by atomic mass is 35.5. The van der Waals surface area contributed by atoms with Crippen molar-refractivity contribution in [2.24, 2.45) is 0 Å². The second-order valence-corrected chi connectivity index (χ2v) is 4.64. The van der Waals surface area contributed by atoms with Crippen LogP contribution in [-0.2, 0) is 4.74 Å². The van der Waals surface area contributed by atoms with Crippen LogP contribution in [0.5, 0.6) is 0 Å². The van der Waals surface area contributed by atoms with E-state index in [1.807, 2.05) is 13.8 Å². The van der Waals surface area contributed by atoms with E-state index in [2.05, 4.69) is 22.2 Å². The van der Waals surface area contributed by atoms with E-state index in [4.69, 9.17) is 16.3 Å². The summed E-state index contributed by atoms with van der Waals surface area (Å²) in [5.74, 6) is 0.660. The van der Waals surface area contributed by atoms with Gasteiger partial charge in [0, 0.05) is 19.8 Å². The van der Waals surface area contributed by atoms with Crippen LogP contribution in [0.1, 0.15) is 37.6 Å². The summed E-state index contributed by atoms with van der Waals surface area (Å²) in [6.45, 7) is 8.40. The first-order valence-corrected chi connectivity index (χ1v) is 6.85. The monoisotopic (exact) mass is 271 g/mol. The van der Waals surface area contributed by atoms with Crippen molar-refractivity contribution in [2.45, 2.75) is 40.0 Å². The van der Waals surface area contributed by atoms with Crippen molar-refractivity contribution in [1.82, 2.24) is 9.97 Å². The van der Waals surface area contributed by atoms with E-state index < -0.39 is 0 Å². The normalized spacial score (nSPS) is 10.7. The van der Waals surface area contributed by atoms with Gasteiger partial charge in [0.05, 0.1) is 11.4 Å². The van der Waals surface area contributed by atoms with Gasteiger partial charge in [-0.3, -0.25) is 0 Å². The Morgan fingerprint density at radius 2 is 1.78 bits per heavy atom. The molecule has 0 bridgehead atoms. The van der Waals surface area contributed by atoms with Crippen LogP contribution in [0.3, 0.4) is 0 Å². The Morgan fingerprint density at radius 3 is 2.50 bits per heavy atom. The Balaban J connectivity index is 2.25. The van der Waals surface area contributed by atoms with E-state index in [1.54, 1.807) is 0 Å². The molecule has 0 unspecified atom stereocenters. The van der Waals surface area contributed by atoms with E-state index in [0.717, 1.165) is 44.0 Å². The fourth-order valence-corrected chi connectivity index (χ4v) is 1.65. The Morgan fingerprint density at radius 1 is 1.11 bits per heavy atom. The van der Waals surface area contributed by atoms with Crippen LogP contribution < -0.4 is 5.32 Å². The lowest BCUT2D eigenvalue weighted by Gasteiger charge is -2.09. The molecule has 1 heterocycles. The molecule has 0 saturated carbocycles. The lowest BCUT2D eigenvalue weighted by Crippen LogP contribution is -2.09. The van der Waals surface area contributed by atoms with Gasteiger partial charge in [0.1, 0.15) is 0 Å². The van der Waals surface area contributed by atoms with Crippen LogP contribution >= 0.6 is 11.6 Å². The summed E-state index contributed by atoms with van der Waals surface area (Å²) in [5.41, 5.74) is 1.77. The van der Waals surface area contributed by atoms with Crippen molar-refractivity contribution in [3.63, 3.8) is 0 Å². The third kappa shape index (κ3) is 5.19. The summed E-state index contributed by atoms with van der Waals surface area (Å²) in [5, 5.41) is 3.62. The Kier molecular flexibility index (Phi) is 6.98. The van der Waals surface area contributed by atoms with E-state index >= 15 is 0 Å². The summed E-state index contributed by atoms with van der Waals surface area (Å²) < 4.78 is 5.48. The van der Waals surface area contributed by atoms with Crippen molar-refractivity contribution in [1.29, 1.82) is 0 Å². The fraction of sp³-hybridized carbons (Fsp3) is 0.692. The number of hydrogen-bond donors (Lipinski definition) is 1. The molecule has 0 aromatic carbocycles. The first-order chi connectivity index (χ1) is 8.65. The first-order valence-electron chi connectivity index (χ1n) is 6.47. The zero-order chi connectivity index (χ0) is 13.4. The number of nitrogens with zero attached hydrogens (tertiary/aromatic N) is 2. The topological polar surface area (TPSA) is 47.0 Å². The highest BCUT2D eigenvalue weighted by Crippen LogP contribution is 2.18. The van der Waals surface area contributed by atoms with Gasteiger partial charge in [-0.15, -0.1) is 0 Å². The van der Waals surface area contributed by atoms with E-state index in [9.17, 15) is 0 Å². The van der Waals surface area contributed by atoms with Crippen LogP contribution in [-0.4, -0.2) is 29.7 Å². The van der Waals surface area contributed by atoms with Crippen LogP contribution in [0, 0.1) is 13.8 Å². The molecule has 0 aliphatic heterocycles. The molecule has 5 heteroatoms. The summed E-state index contributed by atoms with van der Waals surface area (Å²) in [6.07, 6.45) is 3.24. The quantitative estimate of drug-likeness (QED) is 0.737. The zero-order valence-corrected chi connectivity index (χ0v) is 12.2. The van der Waals surface area contributed by atoms with Gasteiger partial charge in [0.15, 0.2) is 11.0 Å². The number of ether oxygens (including phenoxy) is 1. The van der Waals surface area contributed by atoms with Gasteiger partial charge in [-0.2, -0.15) is 0 Å². The molecule has 0 spiro atoms. The van der Waals surface area contributed by atoms with E-state index in [1.165, 1.54) is 6.42 Å². The molecule has 0 aliphatic rings. The average Bonchev–Trinajstić information content (AvgIpc) is 2.34. The highest BCUT2D eigenvalue weighted by Gasteiger charge is 2.05. The number of aromatic nitrogens is 2. The largest absolute Gasteiger partial charge is 0.381 e. The number of nitrogens with one attached hydrogen (secondary N) is 1. The maximum atomic E-state index is 6.02. The van der Waals surface area contributed by atoms with Crippen molar-refractivity contribution in [3.8, 4) is 0 Å². The van der Waals surface area contributed by atoms with Gasteiger partial charge in [-0.25, -0.2) is 9.97 Å². The SMILES string of the molecule is CCCCOCCCNc1nc(C)c(C)nc1Cl. The van der Waals surface area contributed by atoms with E-state index in [0.29, 0.717) is 11.0 Å². The van der Waals surface area contributed by atoms with Crippen LogP contribution in [0.25, 0.3) is 0 Å². The van der Waals surface area contributed by atoms with E-state index in [-0.39, 0.29) is 0 Å². The van der Waals surface area contributed by atoms with Crippen molar-refractivity contribution < 1.29 is 4.74 Å². The summed E-state index contributed by atoms with van der Waals surface area (Å²) in [7, 11) is 0. The number of anilines is 1. The van der Waals surface area contributed by atoms with Crippen LogP contribution in [0.15, 0.2) is 0 Å². The fourth-order valence-electron chi connectivity index (χ4n) is 1.42. The van der Waals surface area contributed by atoms with Gasteiger partial charge in [-0.05, 0) is 26.7 Å². The molecule has 1 N–H and O–H groups in total. The van der Waals surface area contributed by atoms with Crippen LogP contribution in [0.2, 0.25) is 5.15 Å². The zero-order valence-electron chi connectivity index (χ0n) is 11.4. The van der Waals surface area contributed by atoms with Gasteiger partial charge in [-0.1, -0.05) is 24.9 Å². The number of aryl methyl sites for hydroxylation is 2. The lowest BCUT2D eigenvalue weighted by atomic mass is 10.3. The Labute approximate surface area is 114 Å². The molecule has 1 aromatic heterocycles. The molecule has 0 fully saturated rings. The molecule has 18 heavy (non-hydrogen) atoms. The maximum Gasteiger partial charge on any atom is 0.171 e. The molecule has 4 nitrogen and oxygen atoms in total. The predicted octanol–water partition coefficient (Wildman–Crippen LogP) is 3.37. The number of unbranched alkanes of at least 4 members (excludes halogenated alkanes) is 1. The highest BCUT2D eigenvalue weighted by molar-refractivity contribution is 6.31. The summed E-state index contributed by atoms with van der Waals surface area (Å²) in [6, 6.07) is 0. The van der Waals surface area contributed by atoms with Gasteiger partial charge in [0.25, 0.3) is 0 Å². The Bertz CT molecular complexity index is 371. The number of halogens is 1. The minimum absolute atomic E-state index is 0.435. The van der Waals surface area contributed by atoms with Gasteiger partial charge < -0.3 is 10.1 Å². The molecule has 0 radical (unpaired) electrons. The smallest absolute Gasteiger partial charge is 0.171 e. The first kappa shape index (κ1) is 15.2. The van der Waals surface area contributed by atoms with Crippen molar-refractivity contribution in [2.75, 3.05) is 25.1 Å². The molecule has 1 aromatic rings. The third-order valence-electron chi connectivity index (χ3n) is 2.66. The second kappa shape index (κ2) is 8.27. The Hall–Kier alpha value is -0.870. The number of rotatable bonds is 8. The predicted molar refractivity (Wildman–Crippen MR) is 75.3 cm³/mol. The summed E-state index contributed by atoms with van der Waals surface area (Å²) >= 11 is 6.02. The molecule has 0 amide bonds. The van der Waals surface area contributed by atoms with Crippen LogP contribution in [0.4, 0.5) is 5.82 Å². The van der Waals surface area contributed by atoms with Crippen molar-refractivity contribution >= 4 is 17.4 Å². The molecule has 0 aliphatic carbocycles. The lowest BCUT2D eigenvalue weighted by molar-refractivity contribution is 0.131. The minimum Gasteiger partial charge on any atom is -0.381 e.